The van der Waals surface area contributed by atoms with Gasteiger partial charge in [0.25, 0.3) is 5.91 Å². The number of aliphatic carboxylic acids is 1. The maximum atomic E-state index is 13.0. The van der Waals surface area contributed by atoms with Gasteiger partial charge in [-0.25, -0.2) is 4.39 Å². The van der Waals surface area contributed by atoms with Crippen LogP contribution in [0.25, 0.3) is 11.1 Å². The minimum Gasteiger partial charge on any atom is -0.481 e. The molecule has 6 heteroatoms. The maximum Gasteiger partial charge on any atom is 0.308 e. The molecule has 2 rings (SSSR count). The molecule has 1 atom stereocenters. The zero-order valence-electron chi connectivity index (χ0n) is 12.2. The summed E-state index contributed by atoms with van der Waals surface area (Å²) in [5, 5.41) is 11.4. The average Bonchev–Trinajstić information content (AvgIpc) is 2.87. The Morgan fingerprint density at radius 2 is 1.95 bits per heavy atom. The van der Waals surface area contributed by atoms with Crippen LogP contribution in [-0.4, -0.2) is 23.5 Å². The summed E-state index contributed by atoms with van der Waals surface area (Å²) in [5.74, 6) is -2.19. The smallest absolute Gasteiger partial charge is 0.308 e. The summed E-state index contributed by atoms with van der Waals surface area (Å²) in [5.41, 5.74) is 1.72. The van der Waals surface area contributed by atoms with E-state index in [9.17, 15) is 14.0 Å². The molecule has 116 valence electrons. The number of aryl methyl sites for hydroxylation is 1. The average molecular weight is 321 g/mol. The van der Waals surface area contributed by atoms with Crippen LogP contribution >= 0.6 is 11.3 Å². The molecule has 1 aromatic carbocycles. The predicted octanol–water partition coefficient (Wildman–Crippen LogP) is 3.31. The molecule has 0 saturated carbocycles. The second kappa shape index (κ2) is 6.70. The number of thiophene rings is 1. The lowest BCUT2D eigenvalue weighted by Crippen LogP contribution is -2.30. The van der Waals surface area contributed by atoms with Crippen molar-refractivity contribution in [2.45, 2.75) is 13.8 Å². The predicted molar refractivity (Wildman–Crippen MR) is 83.6 cm³/mol. The summed E-state index contributed by atoms with van der Waals surface area (Å²) >= 11 is 1.33. The number of carboxylic acids is 1. The highest BCUT2D eigenvalue weighted by atomic mass is 32.1. The van der Waals surface area contributed by atoms with E-state index >= 15 is 0 Å². The summed E-state index contributed by atoms with van der Waals surface area (Å²) in [6, 6.07) is 7.83. The van der Waals surface area contributed by atoms with Crippen LogP contribution in [0.4, 0.5) is 4.39 Å². The summed E-state index contributed by atoms with van der Waals surface area (Å²) in [4.78, 5) is 24.3. The van der Waals surface area contributed by atoms with Crippen LogP contribution in [0.15, 0.2) is 30.3 Å². The minimum absolute atomic E-state index is 0.0804. The third kappa shape index (κ3) is 3.71. The molecular weight excluding hydrogens is 305 g/mol. The lowest BCUT2D eigenvalue weighted by atomic mass is 10.1. The van der Waals surface area contributed by atoms with Crippen molar-refractivity contribution in [3.05, 3.63) is 45.9 Å². The molecule has 0 bridgehead atoms. The van der Waals surface area contributed by atoms with E-state index < -0.39 is 11.9 Å². The number of carbonyl (C=O) groups is 2. The van der Waals surface area contributed by atoms with Crippen molar-refractivity contribution in [1.82, 2.24) is 5.32 Å². The summed E-state index contributed by atoms with van der Waals surface area (Å²) < 4.78 is 13.0. The minimum atomic E-state index is -0.949. The van der Waals surface area contributed by atoms with Gasteiger partial charge in [-0.3, -0.25) is 9.59 Å². The molecule has 1 aromatic heterocycles. The number of carbonyl (C=O) groups excluding carboxylic acids is 1. The quantitative estimate of drug-likeness (QED) is 0.888. The monoisotopic (exact) mass is 321 g/mol. The van der Waals surface area contributed by atoms with Crippen LogP contribution in [0.2, 0.25) is 0 Å². The molecule has 0 aliphatic carbocycles. The molecule has 22 heavy (non-hydrogen) atoms. The topological polar surface area (TPSA) is 66.4 Å². The molecule has 2 N–H and O–H groups in total. The number of amides is 1. The Kier molecular flexibility index (Phi) is 4.92. The third-order valence-electron chi connectivity index (χ3n) is 3.29. The molecule has 0 spiro atoms. The van der Waals surface area contributed by atoms with Gasteiger partial charge in [-0.1, -0.05) is 19.1 Å². The molecule has 0 radical (unpaired) electrons. The van der Waals surface area contributed by atoms with Crippen molar-refractivity contribution in [3.8, 4) is 11.1 Å². The van der Waals surface area contributed by atoms with Crippen molar-refractivity contribution in [3.63, 3.8) is 0 Å². The standard InChI is InChI=1S/C16H16FNO3S/c1-9(16(20)21)8-18-15(19)14-7-13(10(2)22-14)11-3-5-12(17)6-4-11/h3-7,9H,8H2,1-2H3,(H,18,19)(H,20,21). The fourth-order valence-electron chi connectivity index (χ4n) is 1.93. The van der Waals surface area contributed by atoms with Crippen LogP contribution in [0.1, 0.15) is 21.5 Å². The number of hydrogen-bond donors (Lipinski definition) is 2. The lowest BCUT2D eigenvalue weighted by molar-refractivity contribution is -0.140. The van der Waals surface area contributed by atoms with Gasteiger partial charge >= 0.3 is 5.97 Å². The number of rotatable bonds is 5. The first-order valence-electron chi connectivity index (χ1n) is 6.76. The molecule has 1 heterocycles. The van der Waals surface area contributed by atoms with Crippen LogP contribution in [-0.2, 0) is 4.79 Å². The first-order valence-corrected chi connectivity index (χ1v) is 7.57. The molecule has 2 aromatic rings. The SMILES string of the molecule is Cc1sc(C(=O)NCC(C)C(=O)O)cc1-c1ccc(F)cc1. The zero-order chi connectivity index (χ0) is 16.3. The lowest BCUT2D eigenvalue weighted by Gasteiger charge is -2.06. The largest absolute Gasteiger partial charge is 0.481 e. The molecule has 0 fully saturated rings. The number of nitrogens with one attached hydrogen (secondary N) is 1. The second-order valence-electron chi connectivity index (χ2n) is 5.04. The third-order valence-corrected chi connectivity index (χ3v) is 4.34. The Bertz CT molecular complexity index is 694. The van der Waals surface area contributed by atoms with Crippen LogP contribution in [0, 0.1) is 18.7 Å². The van der Waals surface area contributed by atoms with E-state index in [2.05, 4.69) is 5.32 Å². The second-order valence-corrected chi connectivity index (χ2v) is 6.29. The number of carboxylic acid groups (broad SMARTS) is 1. The van der Waals surface area contributed by atoms with Crippen LogP contribution < -0.4 is 5.32 Å². The van der Waals surface area contributed by atoms with Crippen molar-refractivity contribution < 1.29 is 19.1 Å². The van der Waals surface area contributed by atoms with Crippen molar-refractivity contribution in [2.75, 3.05) is 6.54 Å². The Hall–Kier alpha value is -2.21. The van der Waals surface area contributed by atoms with Crippen LogP contribution in [0.3, 0.4) is 0 Å². The van der Waals surface area contributed by atoms with E-state index in [4.69, 9.17) is 5.11 Å². The number of hydrogen-bond acceptors (Lipinski definition) is 3. The van der Waals surface area contributed by atoms with E-state index in [0.29, 0.717) is 4.88 Å². The zero-order valence-corrected chi connectivity index (χ0v) is 13.0. The first-order chi connectivity index (χ1) is 10.4. The van der Waals surface area contributed by atoms with E-state index in [1.165, 1.54) is 30.4 Å². The number of halogens is 1. The maximum absolute atomic E-state index is 13.0. The van der Waals surface area contributed by atoms with Gasteiger partial charge in [-0.05, 0) is 36.2 Å². The number of benzene rings is 1. The first kappa shape index (κ1) is 16.2. The fraction of sp³-hybridized carbons (Fsp3) is 0.250. The van der Waals surface area contributed by atoms with Gasteiger partial charge in [0.2, 0.25) is 0 Å². The van der Waals surface area contributed by atoms with E-state index in [1.807, 2.05) is 6.92 Å². The van der Waals surface area contributed by atoms with Gasteiger partial charge in [0.1, 0.15) is 5.82 Å². The Labute approximate surface area is 131 Å². The molecule has 0 aliphatic rings. The summed E-state index contributed by atoms with van der Waals surface area (Å²) in [7, 11) is 0. The summed E-state index contributed by atoms with van der Waals surface area (Å²) in [6.45, 7) is 3.50. The molecule has 0 saturated heterocycles. The highest BCUT2D eigenvalue weighted by Crippen LogP contribution is 2.31. The van der Waals surface area contributed by atoms with Crippen LogP contribution in [0.5, 0.6) is 0 Å². The van der Waals surface area contributed by atoms with Gasteiger partial charge in [0.05, 0.1) is 10.8 Å². The van der Waals surface area contributed by atoms with Gasteiger partial charge in [-0.15, -0.1) is 11.3 Å². The van der Waals surface area contributed by atoms with E-state index in [1.54, 1.807) is 18.2 Å². The van der Waals surface area contributed by atoms with E-state index in [0.717, 1.165) is 16.0 Å². The molecular formula is C16H16FNO3S. The summed E-state index contributed by atoms with van der Waals surface area (Å²) in [6.07, 6.45) is 0. The Morgan fingerprint density at radius 3 is 2.55 bits per heavy atom. The molecule has 0 aliphatic heterocycles. The highest BCUT2D eigenvalue weighted by molar-refractivity contribution is 7.14. The highest BCUT2D eigenvalue weighted by Gasteiger charge is 2.16. The molecule has 1 amide bonds. The van der Waals surface area contributed by atoms with Gasteiger partial charge in [0.15, 0.2) is 0 Å². The van der Waals surface area contributed by atoms with Gasteiger partial charge in [0, 0.05) is 11.4 Å². The van der Waals surface area contributed by atoms with Crippen molar-refractivity contribution in [2.24, 2.45) is 5.92 Å². The Morgan fingerprint density at radius 1 is 1.32 bits per heavy atom. The molecule has 4 nitrogen and oxygen atoms in total. The Balaban J connectivity index is 2.13. The van der Waals surface area contributed by atoms with Crippen molar-refractivity contribution in [1.29, 1.82) is 0 Å². The van der Waals surface area contributed by atoms with Crippen molar-refractivity contribution >= 4 is 23.2 Å². The van der Waals surface area contributed by atoms with Gasteiger partial charge in [-0.2, -0.15) is 0 Å². The fourth-order valence-corrected chi connectivity index (χ4v) is 2.89. The van der Waals surface area contributed by atoms with Gasteiger partial charge < -0.3 is 10.4 Å². The normalized spacial score (nSPS) is 12.0. The molecule has 1 unspecified atom stereocenters. The van der Waals surface area contributed by atoms with E-state index in [-0.39, 0.29) is 18.3 Å².